The number of amides is 1. The lowest BCUT2D eigenvalue weighted by Gasteiger charge is -2.27. The Hall–Kier alpha value is -5.76. The van der Waals surface area contributed by atoms with Gasteiger partial charge >= 0.3 is 0 Å². The Balaban J connectivity index is 1.19. The van der Waals surface area contributed by atoms with Gasteiger partial charge in [-0.1, -0.05) is 62.4 Å². The molecule has 0 radical (unpaired) electrons. The van der Waals surface area contributed by atoms with Gasteiger partial charge in [-0.05, 0) is 97.1 Å². The first kappa shape index (κ1) is 60.9. The molecule has 2 aliphatic rings. The fraction of sp³-hybridized carbons (Fsp3) is 0.333. The van der Waals surface area contributed by atoms with Crippen LogP contribution in [0.1, 0.15) is 70.1 Å². The lowest BCUT2D eigenvalue weighted by atomic mass is 9.79. The molecule has 6 N–H and O–H groups in total. The molecule has 7 rings (SSSR count). The fourth-order valence-corrected chi connectivity index (χ4v) is 14.5. The number of nitrogens with one attached hydrogen (secondary N) is 1. The molecule has 0 fully saturated rings. The third kappa shape index (κ3) is 13.4. The molecule has 28 heteroatoms. The number of fused-ring (bicyclic) bond motifs is 6. The van der Waals surface area contributed by atoms with Crippen molar-refractivity contribution < 1.29 is 78.1 Å². The highest BCUT2D eigenvalue weighted by molar-refractivity contribution is 7.89. The Morgan fingerprint density at radius 1 is 0.709 bits per heavy atom. The van der Waals surface area contributed by atoms with Crippen LogP contribution in [0.4, 0.5) is 11.4 Å². The highest BCUT2D eigenvalue weighted by atomic mass is 32.2. The Labute approximate surface area is 460 Å². The normalized spacial score (nSPS) is 16.5. The molecule has 22 nitrogen and oxygen atoms in total. The Kier molecular flexibility index (Phi) is 17.2. The summed E-state index contributed by atoms with van der Waals surface area (Å²) >= 11 is 0. The van der Waals surface area contributed by atoms with Gasteiger partial charge < -0.3 is 14.8 Å². The molecule has 5 aromatic rings. The summed E-state index contributed by atoms with van der Waals surface area (Å²) in [4.78, 5) is 12.9. The van der Waals surface area contributed by atoms with E-state index in [2.05, 4.69) is 5.32 Å². The molecule has 426 valence electrons. The average molecular weight is 1210 g/mol. The van der Waals surface area contributed by atoms with E-state index in [9.17, 15) is 73.5 Å². The quantitative estimate of drug-likeness (QED) is 0.0336. The van der Waals surface area contributed by atoms with Crippen molar-refractivity contribution in [2.45, 2.75) is 90.3 Å². The van der Waals surface area contributed by atoms with E-state index in [-0.39, 0.29) is 78.3 Å². The number of sulfonamides is 2. The van der Waals surface area contributed by atoms with Crippen molar-refractivity contribution in [1.29, 1.82) is 0 Å². The number of carbonyl (C=O) groups excluding carboxylic acids is 1. The standard InChI is InChI=1S/C51H59N5O17S6/c1-50(2)45(15-7-6-8-16-46-51(3,4)49-40-31-36(78(68,69)70)32-44(79(71,72)73)38(40)23-25-42(49)56(46)28-12-30-75(61,62)63)55(27-11-29-74(58,59)60)41-24-22-37-39(48(41)50)13-9-14-43(37)77(66,67)54(5)26-10-17-47(57)53-33-34-18-20-35(21-19-34)76(52,64)65/h6-9,13-16,18-25,31-32H,10-12,17,26-30,33H2,1-5H3,(H6-,52,53,57,58,59,60,61,62,63,64,65,68,69,70,71,72,73). The van der Waals surface area contributed by atoms with E-state index in [1.54, 1.807) is 73.1 Å². The molecule has 0 spiro atoms. The lowest BCUT2D eigenvalue weighted by Crippen LogP contribution is -2.30. The Morgan fingerprint density at radius 3 is 1.99 bits per heavy atom. The Bertz CT molecular complexity index is 4140. The van der Waals surface area contributed by atoms with E-state index in [0.717, 1.165) is 10.4 Å². The number of carbonyl (C=O) groups is 1. The largest absolute Gasteiger partial charge is 0.748 e. The second kappa shape index (κ2) is 22.3. The number of nitrogens with zero attached hydrogens (tertiary/aromatic N) is 3. The fourth-order valence-electron chi connectivity index (χ4n) is 10.3. The van der Waals surface area contributed by atoms with Gasteiger partial charge in [-0.25, -0.2) is 34.7 Å². The van der Waals surface area contributed by atoms with E-state index in [1.165, 1.54) is 49.5 Å². The van der Waals surface area contributed by atoms with Crippen molar-refractivity contribution in [1.82, 2.24) is 9.62 Å². The van der Waals surface area contributed by atoms with Crippen LogP contribution >= 0.6 is 0 Å². The molecular formula is C51H59N5O17S6. The number of hydrogen-bond donors (Lipinski definition) is 5. The first-order chi connectivity index (χ1) is 36.4. The van der Waals surface area contributed by atoms with Crippen molar-refractivity contribution >= 4 is 105 Å². The summed E-state index contributed by atoms with van der Waals surface area (Å²) in [5.74, 6) is -1.63. The van der Waals surface area contributed by atoms with E-state index < -0.39 is 92.6 Å². The monoisotopic (exact) mass is 1210 g/mol. The summed E-state index contributed by atoms with van der Waals surface area (Å²) in [5.41, 5.74) is 1.93. The van der Waals surface area contributed by atoms with Crippen LogP contribution in [-0.2, 0) is 82.7 Å². The van der Waals surface area contributed by atoms with E-state index in [4.69, 9.17) is 5.14 Å². The van der Waals surface area contributed by atoms with Gasteiger partial charge in [-0.3, -0.25) is 18.5 Å². The maximum absolute atomic E-state index is 14.3. The van der Waals surface area contributed by atoms with Gasteiger partial charge in [0, 0.05) is 90.6 Å². The van der Waals surface area contributed by atoms with E-state index >= 15 is 0 Å². The maximum Gasteiger partial charge on any atom is 0.295 e. The predicted octanol–water partition coefficient (Wildman–Crippen LogP) is 5.23. The zero-order chi connectivity index (χ0) is 58.5. The van der Waals surface area contributed by atoms with Crippen LogP contribution in [0.15, 0.2) is 135 Å². The van der Waals surface area contributed by atoms with Gasteiger partial charge in [-0.15, -0.1) is 0 Å². The number of hydrogen-bond acceptors (Lipinski definition) is 15. The third-order valence-electron chi connectivity index (χ3n) is 13.9. The molecule has 5 aromatic carbocycles. The minimum absolute atomic E-state index is 0.00169. The van der Waals surface area contributed by atoms with Gasteiger partial charge in [-0.2, -0.15) is 29.8 Å². The van der Waals surface area contributed by atoms with Gasteiger partial charge in [0.1, 0.15) is 11.4 Å². The summed E-state index contributed by atoms with van der Waals surface area (Å²) in [5, 5.41) is 8.85. The summed E-state index contributed by atoms with van der Waals surface area (Å²) in [7, 11) is -25.7. The molecule has 0 saturated heterocycles. The summed E-state index contributed by atoms with van der Waals surface area (Å²) in [6, 6.07) is 18.5. The maximum atomic E-state index is 14.3. The molecule has 0 bridgehead atoms. The van der Waals surface area contributed by atoms with Crippen molar-refractivity contribution in [3.8, 4) is 0 Å². The second-order valence-electron chi connectivity index (χ2n) is 20.1. The number of nitrogens with two attached hydrogens (primary N) is 1. The van der Waals surface area contributed by atoms with E-state index in [0.29, 0.717) is 56.3 Å². The molecule has 2 heterocycles. The van der Waals surface area contributed by atoms with Gasteiger partial charge in [0.15, 0.2) is 5.71 Å². The highest BCUT2D eigenvalue weighted by Gasteiger charge is 2.46. The number of primary sulfonamides is 1. The molecule has 0 saturated carbocycles. The molecular weight excluding hydrogens is 1150 g/mol. The van der Waals surface area contributed by atoms with E-state index in [1.807, 2.05) is 18.7 Å². The number of rotatable bonds is 22. The summed E-state index contributed by atoms with van der Waals surface area (Å²) in [6.45, 7) is 7.48. The van der Waals surface area contributed by atoms with Crippen LogP contribution in [0.5, 0.6) is 0 Å². The zero-order valence-electron chi connectivity index (χ0n) is 43.4. The Morgan fingerprint density at radius 2 is 1.37 bits per heavy atom. The van der Waals surface area contributed by atoms with Crippen LogP contribution in [0, 0.1) is 0 Å². The van der Waals surface area contributed by atoms with Crippen LogP contribution < -0.4 is 15.4 Å². The first-order valence-electron chi connectivity index (χ1n) is 24.3. The molecule has 0 aliphatic carbocycles. The third-order valence-corrected chi connectivity index (χ3v) is 20.1. The van der Waals surface area contributed by atoms with Crippen LogP contribution in [0.25, 0.3) is 21.5 Å². The predicted molar refractivity (Wildman–Crippen MR) is 296 cm³/mol. The van der Waals surface area contributed by atoms with Crippen LogP contribution in [-0.4, -0.2) is 127 Å². The smallest absolute Gasteiger partial charge is 0.295 e. The number of anilines is 1. The average Bonchev–Trinajstić information content (AvgIpc) is 3.93. The van der Waals surface area contributed by atoms with Crippen LogP contribution in [0.2, 0.25) is 0 Å². The molecule has 2 aliphatic heterocycles. The van der Waals surface area contributed by atoms with Crippen molar-refractivity contribution in [3.05, 3.63) is 132 Å². The van der Waals surface area contributed by atoms with Crippen LogP contribution in [0.3, 0.4) is 0 Å². The SMILES string of the molecule is CN(CCCC(=O)NCc1ccc(S(N)(=O)=O)cc1)S(=O)(=O)c1cccc2c3c(ccc12)N(CCCS(=O)(=O)[O-])C(=CC=CC=CC1=[N+](CCCS(=O)(=O)O)c2ccc4c(S(=O)(=O)O)cc(S(=O)(=O)O)cc4c2C1(C)C)C3(C)C. The molecule has 0 atom stereocenters. The molecule has 0 aromatic heterocycles. The van der Waals surface area contributed by atoms with Gasteiger partial charge in [0.05, 0.1) is 36.0 Å². The number of benzene rings is 5. The minimum Gasteiger partial charge on any atom is -0.748 e. The van der Waals surface area contributed by atoms with Crippen molar-refractivity contribution in [3.63, 3.8) is 0 Å². The van der Waals surface area contributed by atoms with Crippen molar-refractivity contribution in [2.24, 2.45) is 5.14 Å². The molecule has 79 heavy (non-hydrogen) atoms. The molecule has 1 amide bonds. The topological polar surface area (TPSA) is 353 Å². The van der Waals surface area contributed by atoms with Gasteiger partial charge in [0.2, 0.25) is 31.6 Å². The number of allylic oxidation sites excluding steroid dienone is 6. The summed E-state index contributed by atoms with van der Waals surface area (Å²) in [6.07, 6.45) is 8.51. The minimum atomic E-state index is -5.04. The first-order valence-corrected chi connectivity index (χ1v) is 33.3. The second-order valence-corrected chi connectivity index (χ2v) is 29.6. The molecule has 0 unspecified atom stereocenters. The highest BCUT2D eigenvalue weighted by Crippen LogP contribution is 2.52. The van der Waals surface area contributed by atoms with Gasteiger partial charge in [0.25, 0.3) is 30.4 Å². The van der Waals surface area contributed by atoms with Crippen molar-refractivity contribution in [2.75, 3.05) is 43.1 Å². The lowest BCUT2D eigenvalue weighted by molar-refractivity contribution is -0.437. The zero-order valence-corrected chi connectivity index (χ0v) is 48.3. The summed E-state index contributed by atoms with van der Waals surface area (Å²) < 4.78 is 193.